The van der Waals surface area contributed by atoms with Crippen molar-refractivity contribution in [2.45, 2.75) is 33.2 Å². The highest BCUT2D eigenvalue weighted by Crippen LogP contribution is 2.04. The summed E-state index contributed by atoms with van der Waals surface area (Å²) in [6, 6.07) is 8.66. The number of carbonyl (C=O) groups is 3. The van der Waals surface area contributed by atoms with Gasteiger partial charge in [0.05, 0.1) is 13.0 Å². The summed E-state index contributed by atoms with van der Waals surface area (Å²) in [6.07, 6.45) is 0.216. The van der Waals surface area contributed by atoms with E-state index in [0.29, 0.717) is 6.54 Å². The molecule has 23 heavy (non-hydrogen) atoms. The lowest BCUT2D eigenvalue weighted by Gasteiger charge is -2.21. The van der Waals surface area contributed by atoms with Crippen LogP contribution in [0.5, 0.6) is 0 Å². The molecule has 0 spiro atoms. The number of benzene rings is 1. The molecule has 3 amide bonds. The quantitative estimate of drug-likeness (QED) is 0.656. The van der Waals surface area contributed by atoms with Crippen molar-refractivity contribution < 1.29 is 14.4 Å². The number of likely N-dealkylation sites (N-methyl/N-ethyl adjacent to an activating group) is 1. The Labute approximate surface area is 137 Å². The Balaban J connectivity index is 2.55. The summed E-state index contributed by atoms with van der Waals surface area (Å²) in [5.41, 5.74) is 0.884. The van der Waals surface area contributed by atoms with Crippen LogP contribution in [-0.4, -0.2) is 36.9 Å². The van der Waals surface area contributed by atoms with Crippen LogP contribution in [0.4, 0.5) is 0 Å². The van der Waals surface area contributed by atoms with Gasteiger partial charge >= 0.3 is 0 Å². The van der Waals surface area contributed by atoms with E-state index in [-0.39, 0.29) is 36.6 Å². The minimum atomic E-state index is -0.666. The summed E-state index contributed by atoms with van der Waals surface area (Å²) in [4.78, 5) is 35.7. The first-order chi connectivity index (χ1) is 10.9. The van der Waals surface area contributed by atoms with Gasteiger partial charge in [-0.3, -0.25) is 14.4 Å². The van der Waals surface area contributed by atoms with Crippen molar-refractivity contribution in [2.24, 2.45) is 5.92 Å². The van der Waals surface area contributed by atoms with Crippen LogP contribution < -0.4 is 16.0 Å². The first kappa shape index (κ1) is 18.7. The maximum Gasteiger partial charge on any atom is 0.243 e. The lowest BCUT2D eigenvalue weighted by atomic mass is 10.0. The monoisotopic (exact) mass is 319 g/mol. The highest BCUT2D eigenvalue weighted by molar-refractivity contribution is 5.91. The third-order valence-electron chi connectivity index (χ3n) is 3.27. The van der Waals surface area contributed by atoms with E-state index in [4.69, 9.17) is 0 Å². The zero-order valence-corrected chi connectivity index (χ0v) is 13.9. The average Bonchev–Trinajstić information content (AvgIpc) is 2.51. The van der Waals surface area contributed by atoms with E-state index in [1.807, 2.05) is 44.2 Å². The van der Waals surface area contributed by atoms with E-state index in [0.717, 1.165) is 5.56 Å². The zero-order valence-electron chi connectivity index (χ0n) is 13.9. The van der Waals surface area contributed by atoms with Crippen LogP contribution in [0.2, 0.25) is 0 Å². The molecular weight excluding hydrogens is 294 g/mol. The second-order valence-electron chi connectivity index (χ2n) is 5.62. The van der Waals surface area contributed by atoms with Crippen LogP contribution in [0.25, 0.3) is 0 Å². The highest BCUT2D eigenvalue weighted by Gasteiger charge is 2.24. The minimum Gasteiger partial charge on any atom is -0.355 e. The topological polar surface area (TPSA) is 87.3 Å². The number of rotatable bonds is 8. The van der Waals surface area contributed by atoms with Gasteiger partial charge in [-0.25, -0.2) is 0 Å². The van der Waals surface area contributed by atoms with Gasteiger partial charge in [-0.05, 0) is 18.4 Å². The van der Waals surface area contributed by atoms with E-state index >= 15 is 0 Å². The lowest BCUT2D eigenvalue weighted by Crippen LogP contribution is -2.51. The van der Waals surface area contributed by atoms with Gasteiger partial charge in [0.1, 0.15) is 6.04 Å². The molecule has 0 heterocycles. The minimum absolute atomic E-state index is 0.0797. The molecular formula is C17H25N3O3. The molecule has 0 aliphatic heterocycles. The van der Waals surface area contributed by atoms with Crippen molar-refractivity contribution in [3.63, 3.8) is 0 Å². The molecule has 1 aromatic carbocycles. The van der Waals surface area contributed by atoms with Crippen molar-refractivity contribution in [1.82, 2.24) is 16.0 Å². The molecule has 0 aromatic heterocycles. The Morgan fingerprint density at radius 3 is 2.22 bits per heavy atom. The molecule has 1 aromatic rings. The second kappa shape index (κ2) is 9.61. The molecule has 0 aliphatic rings. The van der Waals surface area contributed by atoms with Gasteiger partial charge in [-0.15, -0.1) is 0 Å². The van der Waals surface area contributed by atoms with Crippen LogP contribution in [-0.2, 0) is 20.8 Å². The molecule has 6 nitrogen and oxygen atoms in total. The normalized spacial score (nSPS) is 11.7. The molecule has 0 aliphatic carbocycles. The van der Waals surface area contributed by atoms with E-state index in [1.165, 1.54) is 0 Å². The number of carbonyl (C=O) groups excluding carboxylic acids is 3. The molecule has 3 N–H and O–H groups in total. The maximum atomic E-state index is 12.2. The summed E-state index contributed by atoms with van der Waals surface area (Å²) in [7, 11) is 0. The van der Waals surface area contributed by atoms with Gasteiger partial charge in [0.2, 0.25) is 17.7 Å². The van der Waals surface area contributed by atoms with Crippen molar-refractivity contribution in [2.75, 3.05) is 13.1 Å². The Morgan fingerprint density at radius 1 is 1.00 bits per heavy atom. The summed E-state index contributed by atoms with van der Waals surface area (Å²) in [5.74, 6) is -0.904. The predicted octanol–water partition coefficient (Wildman–Crippen LogP) is 0.622. The van der Waals surface area contributed by atoms with Crippen LogP contribution in [0.15, 0.2) is 30.3 Å². The van der Waals surface area contributed by atoms with Gasteiger partial charge < -0.3 is 16.0 Å². The third-order valence-corrected chi connectivity index (χ3v) is 3.27. The Kier molecular flexibility index (Phi) is 7.80. The SMILES string of the molecule is CCNC(=O)CNC(=O)[C@H](NC(=O)Cc1ccccc1)C(C)C. The molecule has 0 radical (unpaired) electrons. The largest absolute Gasteiger partial charge is 0.355 e. The highest BCUT2D eigenvalue weighted by atomic mass is 16.2. The Hall–Kier alpha value is -2.37. The van der Waals surface area contributed by atoms with Crippen molar-refractivity contribution >= 4 is 17.7 Å². The van der Waals surface area contributed by atoms with Gasteiger partial charge in [0, 0.05) is 6.54 Å². The lowest BCUT2D eigenvalue weighted by molar-refractivity contribution is -0.131. The number of hydrogen-bond donors (Lipinski definition) is 3. The molecule has 0 bridgehead atoms. The van der Waals surface area contributed by atoms with Crippen LogP contribution >= 0.6 is 0 Å². The molecule has 0 saturated carbocycles. The van der Waals surface area contributed by atoms with E-state index < -0.39 is 6.04 Å². The van der Waals surface area contributed by atoms with Crippen molar-refractivity contribution in [3.05, 3.63) is 35.9 Å². The van der Waals surface area contributed by atoms with Gasteiger partial charge in [0.15, 0.2) is 0 Å². The molecule has 0 unspecified atom stereocenters. The van der Waals surface area contributed by atoms with Crippen LogP contribution in [0.3, 0.4) is 0 Å². The molecule has 0 saturated heterocycles. The molecule has 0 fully saturated rings. The molecule has 126 valence electrons. The molecule has 1 rings (SSSR count). The summed E-state index contributed by atoms with van der Waals surface area (Å²) in [5, 5.41) is 7.89. The maximum absolute atomic E-state index is 12.2. The molecule has 1 atom stereocenters. The fraction of sp³-hybridized carbons (Fsp3) is 0.471. The van der Waals surface area contributed by atoms with E-state index in [2.05, 4.69) is 16.0 Å². The fourth-order valence-corrected chi connectivity index (χ4v) is 2.08. The number of amides is 3. The Bertz CT molecular complexity index is 529. The summed E-state index contributed by atoms with van der Waals surface area (Å²) >= 11 is 0. The van der Waals surface area contributed by atoms with Gasteiger partial charge in [-0.2, -0.15) is 0 Å². The standard InChI is InChI=1S/C17H25N3O3/c1-4-18-15(22)11-19-17(23)16(12(2)3)20-14(21)10-13-8-6-5-7-9-13/h5-9,12,16H,4,10-11H2,1-3H3,(H,18,22)(H,19,23)(H,20,21)/t16-/m1/s1. The first-order valence-corrected chi connectivity index (χ1v) is 7.81. The summed E-state index contributed by atoms with van der Waals surface area (Å²) in [6.45, 7) is 5.92. The van der Waals surface area contributed by atoms with Gasteiger partial charge in [0.25, 0.3) is 0 Å². The van der Waals surface area contributed by atoms with Crippen LogP contribution in [0, 0.1) is 5.92 Å². The number of hydrogen-bond acceptors (Lipinski definition) is 3. The van der Waals surface area contributed by atoms with Crippen LogP contribution in [0.1, 0.15) is 26.3 Å². The fourth-order valence-electron chi connectivity index (χ4n) is 2.08. The van der Waals surface area contributed by atoms with E-state index in [9.17, 15) is 14.4 Å². The molecule has 6 heteroatoms. The predicted molar refractivity (Wildman–Crippen MR) is 88.6 cm³/mol. The smallest absolute Gasteiger partial charge is 0.243 e. The van der Waals surface area contributed by atoms with Crippen molar-refractivity contribution in [1.29, 1.82) is 0 Å². The van der Waals surface area contributed by atoms with Crippen molar-refractivity contribution in [3.8, 4) is 0 Å². The van der Waals surface area contributed by atoms with E-state index in [1.54, 1.807) is 6.92 Å². The Morgan fingerprint density at radius 2 is 1.65 bits per heavy atom. The first-order valence-electron chi connectivity index (χ1n) is 7.81. The number of nitrogens with one attached hydrogen (secondary N) is 3. The zero-order chi connectivity index (χ0) is 17.2. The second-order valence-corrected chi connectivity index (χ2v) is 5.62. The average molecular weight is 319 g/mol. The third kappa shape index (κ3) is 6.95. The summed E-state index contributed by atoms with van der Waals surface area (Å²) < 4.78 is 0. The van der Waals surface area contributed by atoms with Gasteiger partial charge in [-0.1, -0.05) is 44.2 Å².